The first-order chi connectivity index (χ1) is 14.1. The number of nitrogens with two attached hydrogens (primary N) is 1. The third kappa shape index (κ3) is 4.25. The zero-order valence-electron chi connectivity index (χ0n) is 15.1. The predicted octanol–water partition coefficient (Wildman–Crippen LogP) is 3.90. The van der Waals surface area contributed by atoms with E-state index >= 15 is 0 Å². The van der Waals surface area contributed by atoms with Crippen LogP contribution in [0.1, 0.15) is 16.2 Å². The average Bonchev–Trinajstić information content (AvgIpc) is 2.74. The summed E-state index contributed by atoms with van der Waals surface area (Å²) < 4.78 is 5.77. The maximum Gasteiger partial charge on any atom is 0.286 e. The molecule has 0 bridgehead atoms. The summed E-state index contributed by atoms with van der Waals surface area (Å²) in [6.07, 6.45) is 3.41. The minimum absolute atomic E-state index is 0.0744. The van der Waals surface area contributed by atoms with Crippen LogP contribution in [0.2, 0.25) is 5.02 Å². The lowest BCUT2D eigenvalue weighted by molar-refractivity contribution is 0.0991. The number of nitrogens with zero attached hydrogens (tertiary/aromatic N) is 3. The smallest absolute Gasteiger partial charge is 0.286 e. The Morgan fingerprint density at radius 3 is 2.76 bits per heavy atom. The predicted molar refractivity (Wildman–Crippen MR) is 110 cm³/mol. The molecule has 29 heavy (non-hydrogen) atoms. The van der Waals surface area contributed by atoms with Gasteiger partial charge in [0, 0.05) is 23.5 Å². The van der Waals surface area contributed by atoms with Crippen LogP contribution in [0.4, 0.5) is 11.5 Å². The molecule has 2 heterocycles. The minimum atomic E-state index is -0.708. The zero-order valence-corrected chi connectivity index (χ0v) is 15.8. The quantitative estimate of drug-likeness (QED) is 0.505. The maximum atomic E-state index is 11.6. The highest BCUT2D eigenvalue weighted by molar-refractivity contribution is 6.32. The molecule has 0 unspecified atom stereocenters. The van der Waals surface area contributed by atoms with Crippen LogP contribution in [-0.2, 0) is 6.61 Å². The van der Waals surface area contributed by atoms with Gasteiger partial charge in [0.2, 0.25) is 5.82 Å². The van der Waals surface area contributed by atoms with Crippen molar-refractivity contribution < 1.29 is 9.53 Å². The molecule has 143 valence electrons. The topological polar surface area (TPSA) is 103 Å². The van der Waals surface area contributed by atoms with E-state index in [4.69, 9.17) is 22.1 Å². The first-order valence-electron chi connectivity index (χ1n) is 8.66. The SMILES string of the molecule is NC(=O)c1nc(Nc2ccc(OCc3ccncc3)c(Cl)c2)c2c[c]ccc2n1. The van der Waals surface area contributed by atoms with Crippen LogP contribution >= 0.6 is 11.6 Å². The van der Waals surface area contributed by atoms with Gasteiger partial charge in [-0.25, -0.2) is 9.97 Å². The van der Waals surface area contributed by atoms with Gasteiger partial charge in [0.25, 0.3) is 5.91 Å². The highest BCUT2D eigenvalue weighted by atomic mass is 35.5. The van der Waals surface area contributed by atoms with Crippen molar-refractivity contribution in [1.29, 1.82) is 0 Å². The number of nitrogens with one attached hydrogen (secondary N) is 1. The van der Waals surface area contributed by atoms with E-state index in [2.05, 4.69) is 26.3 Å². The molecule has 4 rings (SSSR count). The summed E-state index contributed by atoms with van der Waals surface area (Å²) in [6.45, 7) is 0.378. The number of benzene rings is 2. The molecule has 4 aromatic rings. The van der Waals surface area contributed by atoms with Crippen LogP contribution in [0.25, 0.3) is 10.9 Å². The zero-order chi connectivity index (χ0) is 20.2. The lowest BCUT2D eigenvalue weighted by atomic mass is 10.2. The first kappa shape index (κ1) is 18.6. The van der Waals surface area contributed by atoms with Crippen LogP contribution in [0, 0.1) is 6.07 Å². The van der Waals surface area contributed by atoms with Crippen molar-refractivity contribution in [2.75, 3.05) is 5.32 Å². The number of pyridine rings is 1. The van der Waals surface area contributed by atoms with Gasteiger partial charge in [-0.2, -0.15) is 0 Å². The monoisotopic (exact) mass is 404 g/mol. The lowest BCUT2D eigenvalue weighted by Crippen LogP contribution is -2.16. The van der Waals surface area contributed by atoms with Crippen LogP contribution in [0.5, 0.6) is 5.75 Å². The Kier molecular flexibility index (Phi) is 5.22. The second-order valence-electron chi connectivity index (χ2n) is 6.12. The standard InChI is InChI=1S/C21H15ClN5O2/c22-16-11-14(5-6-18(16)29-12-13-7-9-24-10-8-13)25-20-15-3-1-2-4-17(15)26-21(27-20)19(23)28/h2-11H,12H2,(H2,23,28)(H,25,26,27). The molecule has 0 spiro atoms. The summed E-state index contributed by atoms with van der Waals surface area (Å²) in [7, 11) is 0. The number of rotatable bonds is 6. The van der Waals surface area contributed by atoms with E-state index in [0.717, 1.165) is 5.56 Å². The number of carbonyl (C=O) groups is 1. The van der Waals surface area contributed by atoms with Crippen molar-refractivity contribution in [2.24, 2.45) is 5.73 Å². The van der Waals surface area contributed by atoms with Crippen molar-refractivity contribution in [3.05, 3.63) is 83.4 Å². The van der Waals surface area contributed by atoms with Crippen LogP contribution in [-0.4, -0.2) is 20.9 Å². The molecule has 0 aliphatic carbocycles. The molecular formula is C21H15ClN5O2. The molecule has 2 aromatic carbocycles. The van der Waals surface area contributed by atoms with Gasteiger partial charge in [-0.3, -0.25) is 9.78 Å². The van der Waals surface area contributed by atoms with Gasteiger partial charge >= 0.3 is 0 Å². The summed E-state index contributed by atoms with van der Waals surface area (Å²) in [5, 5.41) is 4.29. The molecule has 2 aromatic heterocycles. The molecule has 7 nitrogen and oxygen atoms in total. The van der Waals surface area contributed by atoms with E-state index in [9.17, 15) is 4.79 Å². The Labute approximate surface area is 171 Å². The number of amides is 1. The maximum absolute atomic E-state index is 11.6. The van der Waals surface area contributed by atoms with Gasteiger partial charge in [-0.15, -0.1) is 0 Å². The highest BCUT2D eigenvalue weighted by Crippen LogP contribution is 2.31. The molecule has 0 aliphatic heterocycles. The largest absolute Gasteiger partial charge is 0.487 e. The van der Waals surface area contributed by atoms with E-state index < -0.39 is 5.91 Å². The molecule has 0 saturated carbocycles. The third-order valence-electron chi connectivity index (χ3n) is 4.10. The average molecular weight is 405 g/mol. The van der Waals surface area contributed by atoms with E-state index in [0.29, 0.717) is 39.8 Å². The van der Waals surface area contributed by atoms with Crippen molar-refractivity contribution in [1.82, 2.24) is 15.0 Å². The molecule has 1 radical (unpaired) electrons. The summed E-state index contributed by atoms with van der Waals surface area (Å²) in [5.41, 5.74) is 7.59. The molecular weight excluding hydrogens is 390 g/mol. The van der Waals surface area contributed by atoms with Gasteiger partial charge < -0.3 is 15.8 Å². The molecule has 0 fully saturated rings. The van der Waals surface area contributed by atoms with E-state index in [1.54, 1.807) is 48.8 Å². The van der Waals surface area contributed by atoms with Gasteiger partial charge in [-0.1, -0.05) is 17.7 Å². The minimum Gasteiger partial charge on any atom is -0.487 e. The molecule has 3 N–H and O–H groups in total. The summed E-state index contributed by atoms with van der Waals surface area (Å²) in [4.78, 5) is 23.9. The Bertz CT molecular complexity index is 1180. The van der Waals surface area contributed by atoms with E-state index in [1.807, 2.05) is 12.1 Å². The molecule has 0 aliphatic rings. The Morgan fingerprint density at radius 2 is 2.00 bits per heavy atom. The molecule has 0 atom stereocenters. The number of hydrogen-bond acceptors (Lipinski definition) is 6. The van der Waals surface area contributed by atoms with Gasteiger partial charge in [0.1, 0.15) is 18.2 Å². The normalized spacial score (nSPS) is 10.7. The highest BCUT2D eigenvalue weighted by Gasteiger charge is 2.12. The number of fused-ring (bicyclic) bond motifs is 1. The fraction of sp³-hybridized carbons (Fsp3) is 0.0476. The number of carbonyl (C=O) groups excluding carboxylic acids is 1. The van der Waals surface area contributed by atoms with Crippen molar-refractivity contribution in [2.45, 2.75) is 6.61 Å². The Morgan fingerprint density at radius 1 is 1.17 bits per heavy atom. The van der Waals surface area contributed by atoms with Gasteiger partial charge in [-0.05, 0) is 54.1 Å². The van der Waals surface area contributed by atoms with Gasteiger partial charge in [0.05, 0.1) is 10.5 Å². The second kappa shape index (κ2) is 8.12. The number of hydrogen-bond donors (Lipinski definition) is 2. The number of ether oxygens (including phenoxy) is 1. The lowest BCUT2D eigenvalue weighted by Gasteiger charge is -2.12. The summed E-state index contributed by atoms with van der Waals surface area (Å²) in [6, 6.07) is 17.2. The Balaban J connectivity index is 1.58. The number of aromatic nitrogens is 3. The van der Waals surface area contributed by atoms with E-state index in [1.165, 1.54) is 0 Å². The van der Waals surface area contributed by atoms with Crippen LogP contribution < -0.4 is 15.8 Å². The molecule has 0 saturated heterocycles. The fourth-order valence-corrected chi connectivity index (χ4v) is 2.93. The number of primary amides is 1. The number of anilines is 2. The number of halogens is 1. The third-order valence-corrected chi connectivity index (χ3v) is 4.39. The van der Waals surface area contributed by atoms with Crippen molar-refractivity contribution in [3.8, 4) is 5.75 Å². The van der Waals surface area contributed by atoms with Crippen molar-refractivity contribution >= 4 is 39.9 Å². The first-order valence-corrected chi connectivity index (χ1v) is 9.04. The fourth-order valence-electron chi connectivity index (χ4n) is 2.69. The summed E-state index contributed by atoms with van der Waals surface area (Å²) in [5.74, 6) is 0.199. The van der Waals surface area contributed by atoms with Crippen LogP contribution in [0.15, 0.2) is 60.9 Å². The second-order valence-corrected chi connectivity index (χ2v) is 6.52. The van der Waals surface area contributed by atoms with Crippen molar-refractivity contribution in [3.63, 3.8) is 0 Å². The van der Waals surface area contributed by atoms with Crippen LogP contribution in [0.3, 0.4) is 0 Å². The van der Waals surface area contributed by atoms with Gasteiger partial charge in [0.15, 0.2) is 0 Å². The molecule has 8 heteroatoms. The summed E-state index contributed by atoms with van der Waals surface area (Å²) >= 11 is 6.37. The van der Waals surface area contributed by atoms with E-state index in [-0.39, 0.29) is 5.82 Å². The Hall–Kier alpha value is -3.71. The molecule has 1 amide bonds.